The average molecular weight is 162 g/mol. The van der Waals surface area contributed by atoms with Gasteiger partial charge in [-0.1, -0.05) is 18.2 Å². The Labute approximate surface area is 99.9 Å². The van der Waals surface area contributed by atoms with Gasteiger partial charge in [-0.25, -0.2) is 0 Å². The van der Waals surface area contributed by atoms with Gasteiger partial charge in [0.15, 0.2) is 0 Å². The molecule has 0 N–H and O–H groups in total. The van der Waals surface area contributed by atoms with Crippen LogP contribution in [0, 0.1) is 6.07 Å². The monoisotopic (exact) mass is 162 g/mol. The number of fused-ring (bicyclic) bond motifs is 1. The first-order valence-corrected chi connectivity index (χ1v) is 3.18. The van der Waals surface area contributed by atoms with Crippen LogP contribution in [0.5, 0.6) is 0 Å². The zero-order valence-electron chi connectivity index (χ0n) is 5.41. The molecule has 0 fully saturated rings. The number of nitrogens with zero attached hydrogens (tertiary/aromatic N) is 1. The molecule has 0 aliphatic carbocycles. The summed E-state index contributed by atoms with van der Waals surface area (Å²) < 4.78 is 0. The fourth-order valence-electron chi connectivity index (χ4n) is 0.961. The average Bonchev–Trinajstić information content (AvgIpc) is 2.05. The van der Waals surface area contributed by atoms with Crippen LogP contribution in [0.3, 0.4) is 0 Å². The van der Waals surface area contributed by atoms with Crippen molar-refractivity contribution in [3.8, 4) is 0 Å². The quantitative estimate of drug-likeness (QED) is 0.513. The van der Waals surface area contributed by atoms with E-state index in [1.807, 2.05) is 30.3 Å². The summed E-state index contributed by atoms with van der Waals surface area (Å²) in [6.45, 7) is 0. The second kappa shape index (κ2) is 5.61. The predicted molar refractivity (Wildman–Crippen MR) is 56.3 cm³/mol. The van der Waals surface area contributed by atoms with Gasteiger partial charge in [-0.05, 0) is 12.1 Å². The molecule has 1 aromatic carbocycles. The second-order valence-electron chi connectivity index (χ2n) is 2.13. The zero-order chi connectivity index (χ0) is 6.81. The number of benzene rings is 1. The van der Waals surface area contributed by atoms with E-state index in [0.29, 0.717) is 0 Å². The SMILES string of the molecule is [LiH].[MgH2].[c]1cnc2ccccc2c1. The first kappa shape index (κ1) is 12.0. The van der Waals surface area contributed by atoms with E-state index in [9.17, 15) is 0 Å². The van der Waals surface area contributed by atoms with E-state index in [1.165, 1.54) is 0 Å². The molecule has 0 saturated carbocycles. The molecular formula is C9H9LiMgN. The van der Waals surface area contributed by atoms with Crippen molar-refractivity contribution in [1.29, 1.82) is 0 Å². The minimum Gasteiger partial charge on any atom is -0.256 e. The van der Waals surface area contributed by atoms with E-state index in [1.54, 1.807) is 6.20 Å². The molecule has 1 aromatic heterocycles. The normalized spacial score (nSPS) is 8.33. The molecule has 3 heteroatoms. The molecule has 0 saturated heterocycles. The van der Waals surface area contributed by atoms with Crippen LogP contribution in [0.25, 0.3) is 10.9 Å². The van der Waals surface area contributed by atoms with Gasteiger partial charge in [-0.2, -0.15) is 0 Å². The number of para-hydroxylation sites is 1. The number of aromatic nitrogens is 1. The summed E-state index contributed by atoms with van der Waals surface area (Å²) in [5, 5.41) is 1.14. The molecule has 1 nitrogen and oxygen atoms in total. The molecule has 0 bridgehead atoms. The molecular weight excluding hydrogens is 153 g/mol. The molecule has 53 valence electrons. The summed E-state index contributed by atoms with van der Waals surface area (Å²) >= 11 is 0. The standard InChI is InChI=1S/C9H6N.Li.Mg.3H/c1-2-6-9-8(4-1)5-3-7-10-9;;;;;/h1-2,4-7H;;;;;. The first-order valence-electron chi connectivity index (χ1n) is 3.18. The number of hydrogen-bond acceptors (Lipinski definition) is 1. The van der Waals surface area contributed by atoms with Crippen molar-refractivity contribution >= 4 is 52.8 Å². The van der Waals surface area contributed by atoms with Gasteiger partial charge < -0.3 is 0 Å². The molecule has 2 aromatic rings. The van der Waals surface area contributed by atoms with Crippen molar-refractivity contribution < 1.29 is 0 Å². The van der Waals surface area contributed by atoms with Crippen LogP contribution >= 0.6 is 0 Å². The third-order valence-electron chi connectivity index (χ3n) is 1.45. The van der Waals surface area contributed by atoms with E-state index in [2.05, 4.69) is 11.1 Å². The topological polar surface area (TPSA) is 12.9 Å². The smallest absolute Gasteiger partial charge is 0.256 e. The number of pyridine rings is 1. The van der Waals surface area contributed by atoms with E-state index < -0.39 is 0 Å². The molecule has 0 spiro atoms. The van der Waals surface area contributed by atoms with Gasteiger partial charge in [0.25, 0.3) is 0 Å². The number of hydrogen-bond donors (Lipinski definition) is 0. The molecule has 0 unspecified atom stereocenters. The molecule has 12 heavy (non-hydrogen) atoms. The summed E-state index contributed by atoms with van der Waals surface area (Å²) in [5.41, 5.74) is 1.03. The van der Waals surface area contributed by atoms with Crippen molar-refractivity contribution in [2.24, 2.45) is 0 Å². The van der Waals surface area contributed by atoms with E-state index >= 15 is 0 Å². The number of rotatable bonds is 0. The van der Waals surface area contributed by atoms with Gasteiger partial charge in [-0.3, -0.25) is 4.98 Å². The third kappa shape index (κ3) is 2.50. The molecule has 2 rings (SSSR count). The van der Waals surface area contributed by atoms with Crippen molar-refractivity contribution in [2.75, 3.05) is 0 Å². The fourth-order valence-corrected chi connectivity index (χ4v) is 0.961. The van der Waals surface area contributed by atoms with Gasteiger partial charge in [0, 0.05) is 17.6 Å². The zero-order valence-corrected chi connectivity index (χ0v) is 5.41. The maximum Gasteiger partial charge on any atom is 0.316 e. The third-order valence-corrected chi connectivity index (χ3v) is 1.45. The van der Waals surface area contributed by atoms with Crippen LogP contribution in [0.4, 0.5) is 0 Å². The maximum absolute atomic E-state index is 4.13. The Morgan fingerprint density at radius 1 is 1.17 bits per heavy atom. The largest absolute Gasteiger partial charge is 0.316 e. The Hall–Kier alpha value is -0.00636. The van der Waals surface area contributed by atoms with Crippen LogP contribution in [0.1, 0.15) is 0 Å². The van der Waals surface area contributed by atoms with Crippen LogP contribution in [-0.2, 0) is 0 Å². The molecule has 0 aliphatic rings. The van der Waals surface area contributed by atoms with Crippen LogP contribution < -0.4 is 0 Å². The summed E-state index contributed by atoms with van der Waals surface area (Å²) in [4.78, 5) is 4.13. The first-order chi connectivity index (χ1) is 4.97. The minimum atomic E-state index is 0. The Morgan fingerprint density at radius 3 is 2.67 bits per heavy atom. The molecule has 0 atom stereocenters. The summed E-state index contributed by atoms with van der Waals surface area (Å²) in [6.07, 6.45) is 1.68. The fraction of sp³-hybridized carbons (Fsp3) is 0. The van der Waals surface area contributed by atoms with Gasteiger partial charge in [0.1, 0.15) is 0 Å². The maximum atomic E-state index is 4.13. The van der Waals surface area contributed by atoms with Gasteiger partial charge in [-0.15, -0.1) is 0 Å². The van der Waals surface area contributed by atoms with Gasteiger partial charge in [0.2, 0.25) is 0 Å². The van der Waals surface area contributed by atoms with Crippen LogP contribution in [0.15, 0.2) is 36.5 Å². The van der Waals surface area contributed by atoms with Crippen molar-refractivity contribution in [2.45, 2.75) is 0 Å². The Balaban J connectivity index is 0.000000605. The van der Waals surface area contributed by atoms with E-state index in [0.717, 1.165) is 10.9 Å². The summed E-state index contributed by atoms with van der Waals surface area (Å²) in [6, 6.07) is 12.9. The van der Waals surface area contributed by atoms with Crippen LogP contribution in [-0.4, -0.2) is 46.9 Å². The molecule has 0 amide bonds. The van der Waals surface area contributed by atoms with Gasteiger partial charge in [0.05, 0.1) is 5.52 Å². The predicted octanol–water partition coefficient (Wildman–Crippen LogP) is 0.470. The van der Waals surface area contributed by atoms with Crippen molar-refractivity contribution in [1.82, 2.24) is 4.98 Å². The molecule has 0 aliphatic heterocycles. The Bertz CT molecular complexity index is 286. The molecule has 1 heterocycles. The van der Waals surface area contributed by atoms with Crippen molar-refractivity contribution in [3.05, 3.63) is 42.6 Å². The molecule has 1 radical (unpaired) electrons. The van der Waals surface area contributed by atoms with Crippen LogP contribution in [0.2, 0.25) is 0 Å². The van der Waals surface area contributed by atoms with E-state index in [4.69, 9.17) is 0 Å². The minimum absolute atomic E-state index is 0. The van der Waals surface area contributed by atoms with E-state index in [-0.39, 0.29) is 41.9 Å². The second-order valence-corrected chi connectivity index (χ2v) is 2.13. The van der Waals surface area contributed by atoms with Gasteiger partial charge >= 0.3 is 41.9 Å². The summed E-state index contributed by atoms with van der Waals surface area (Å²) in [5.74, 6) is 0. The Kier molecular flexibility index (Phi) is 5.60. The summed E-state index contributed by atoms with van der Waals surface area (Å²) in [7, 11) is 0. The van der Waals surface area contributed by atoms with Crippen molar-refractivity contribution in [3.63, 3.8) is 0 Å². The Morgan fingerprint density at radius 2 is 1.92 bits per heavy atom.